The van der Waals surface area contributed by atoms with Crippen LogP contribution in [0.25, 0.3) is 0 Å². The zero-order valence-electron chi connectivity index (χ0n) is 12.7. The first kappa shape index (κ1) is 16.6. The third-order valence-electron chi connectivity index (χ3n) is 3.23. The van der Waals surface area contributed by atoms with E-state index in [1.165, 1.54) is 5.56 Å². The Labute approximate surface area is 140 Å². The molecular weight excluding hydrogens is 342 g/mol. The van der Waals surface area contributed by atoms with Gasteiger partial charge in [0, 0.05) is 29.8 Å². The highest BCUT2D eigenvalue weighted by molar-refractivity contribution is 9.10. The number of aryl methyl sites for hydroxylation is 2. The maximum absolute atomic E-state index is 5.56. The summed E-state index contributed by atoms with van der Waals surface area (Å²) in [5.41, 5.74) is 2.37. The highest BCUT2D eigenvalue weighted by atomic mass is 79.9. The number of hydrogen-bond donors (Lipinski definition) is 1. The molecule has 0 aliphatic rings. The van der Waals surface area contributed by atoms with Gasteiger partial charge in [0.25, 0.3) is 0 Å². The molecule has 0 saturated carbocycles. The summed E-state index contributed by atoms with van der Waals surface area (Å²) in [4.78, 5) is 0. The van der Waals surface area contributed by atoms with Gasteiger partial charge in [0.05, 0.1) is 6.20 Å². The van der Waals surface area contributed by atoms with Crippen molar-refractivity contribution in [2.75, 3.05) is 13.2 Å². The summed E-state index contributed by atoms with van der Waals surface area (Å²) in [6.45, 7) is 1.98. The minimum atomic E-state index is 0.287. The first-order valence-corrected chi connectivity index (χ1v) is 8.01. The van der Waals surface area contributed by atoms with Crippen molar-refractivity contribution in [2.24, 2.45) is 7.05 Å². The van der Waals surface area contributed by atoms with Crippen LogP contribution in [0.1, 0.15) is 17.5 Å². The van der Waals surface area contributed by atoms with Gasteiger partial charge >= 0.3 is 0 Å². The fraction of sp³-hybridized carbons (Fsp3) is 0.353. The smallest absolute Gasteiger partial charge is 0.148 e. The van der Waals surface area contributed by atoms with Crippen molar-refractivity contribution in [1.29, 1.82) is 0 Å². The van der Waals surface area contributed by atoms with Gasteiger partial charge in [-0.2, -0.15) is 5.10 Å². The highest BCUT2D eigenvalue weighted by Gasteiger charge is 2.04. The van der Waals surface area contributed by atoms with Gasteiger partial charge in [-0.3, -0.25) is 4.68 Å². The highest BCUT2D eigenvalue weighted by Crippen LogP contribution is 2.23. The van der Waals surface area contributed by atoms with Gasteiger partial charge in [0.1, 0.15) is 12.4 Å². The third kappa shape index (κ3) is 5.21. The van der Waals surface area contributed by atoms with E-state index in [1.807, 2.05) is 30.1 Å². The fourth-order valence-electron chi connectivity index (χ4n) is 2.19. The summed E-state index contributed by atoms with van der Waals surface area (Å²) in [5, 5.41) is 7.61. The number of rotatable bonds is 8. The van der Waals surface area contributed by atoms with Crippen LogP contribution in [0.5, 0.6) is 5.75 Å². The number of aromatic nitrogens is 2. The maximum Gasteiger partial charge on any atom is 0.148 e. The molecule has 1 N–H and O–H groups in total. The monoisotopic (exact) mass is 361 g/mol. The topological polar surface area (TPSA) is 39.1 Å². The van der Waals surface area contributed by atoms with Crippen LogP contribution in [0.4, 0.5) is 0 Å². The Morgan fingerprint density at radius 2 is 2.32 bits per heavy atom. The van der Waals surface area contributed by atoms with E-state index < -0.39 is 0 Å². The van der Waals surface area contributed by atoms with Crippen LogP contribution >= 0.6 is 15.9 Å². The summed E-state index contributed by atoms with van der Waals surface area (Å²) < 4.78 is 8.43. The largest absolute Gasteiger partial charge is 0.481 e. The van der Waals surface area contributed by atoms with Crippen LogP contribution < -0.4 is 10.1 Å². The second-order valence-corrected chi connectivity index (χ2v) is 5.96. The van der Waals surface area contributed by atoms with E-state index in [0.717, 1.165) is 41.7 Å². The van der Waals surface area contributed by atoms with Crippen molar-refractivity contribution >= 4 is 15.9 Å². The van der Waals surface area contributed by atoms with Crippen LogP contribution in [-0.4, -0.2) is 22.9 Å². The third-order valence-corrected chi connectivity index (χ3v) is 3.72. The quantitative estimate of drug-likeness (QED) is 0.580. The average molecular weight is 362 g/mol. The Bertz CT molecular complexity index is 646. The minimum Gasteiger partial charge on any atom is -0.481 e. The second-order valence-electron chi connectivity index (χ2n) is 5.05. The zero-order valence-corrected chi connectivity index (χ0v) is 14.3. The van der Waals surface area contributed by atoms with Gasteiger partial charge < -0.3 is 10.1 Å². The van der Waals surface area contributed by atoms with Gasteiger partial charge in [-0.25, -0.2) is 0 Å². The van der Waals surface area contributed by atoms with Gasteiger partial charge in [0.15, 0.2) is 0 Å². The molecule has 0 radical (unpaired) electrons. The molecule has 0 atom stereocenters. The van der Waals surface area contributed by atoms with E-state index in [0.29, 0.717) is 0 Å². The Morgan fingerprint density at radius 3 is 3.05 bits per heavy atom. The summed E-state index contributed by atoms with van der Waals surface area (Å²) in [6.07, 6.45) is 11.3. The lowest BCUT2D eigenvalue weighted by molar-refractivity contribution is 0.364. The van der Waals surface area contributed by atoms with E-state index >= 15 is 0 Å². The number of terminal acetylenes is 1. The van der Waals surface area contributed by atoms with Gasteiger partial charge in [0.2, 0.25) is 0 Å². The van der Waals surface area contributed by atoms with E-state index in [4.69, 9.17) is 11.2 Å². The number of ether oxygens (including phenoxy) is 1. The van der Waals surface area contributed by atoms with Crippen molar-refractivity contribution < 1.29 is 4.74 Å². The minimum absolute atomic E-state index is 0.287. The molecule has 116 valence electrons. The van der Waals surface area contributed by atoms with Gasteiger partial charge in [-0.1, -0.05) is 21.9 Å². The lowest BCUT2D eigenvalue weighted by Crippen LogP contribution is -2.16. The molecule has 2 aromatic rings. The SMILES string of the molecule is C#CCOc1ccc(Br)cc1CNCCCc1cnn(C)c1. The van der Waals surface area contributed by atoms with Gasteiger partial charge in [-0.05, 0) is 43.1 Å². The Hall–Kier alpha value is -1.77. The van der Waals surface area contributed by atoms with Crippen molar-refractivity contribution in [3.05, 3.63) is 46.2 Å². The molecule has 0 aliphatic carbocycles. The second kappa shape index (κ2) is 8.62. The molecule has 0 amide bonds. The van der Waals surface area contributed by atoms with E-state index in [9.17, 15) is 0 Å². The predicted octanol–water partition coefficient (Wildman–Crippen LogP) is 2.92. The molecular formula is C17H20BrN3O. The lowest BCUT2D eigenvalue weighted by Gasteiger charge is -2.11. The molecule has 4 nitrogen and oxygen atoms in total. The molecule has 1 heterocycles. The van der Waals surface area contributed by atoms with Crippen molar-refractivity contribution in [3.8, 4) is 18.1 Å². The molecule has 22 heavy (non-hydrogen) atoms. The first-order valence-electron chi connectivity index (χ1n) is 7.22. The zero-order chi connectivity index (χ0) is 15.8. The lowest BCUT2D eigenvalue weighted by atomic mass is 10.2. The molecule has 0 aliphatic heterocycles. The van der Waals surface area contributed by atoms with Crippen LogP contribution in [0.3, 0.4) is 0 Å². The predicted molar refractivity (Wildman–Crippen MR) is 91.7 cm³/mol. The van der Waals surface area contributed by atoms with Crippen molar-refractivity contribution in [2.45, 2.75) is 19.4 Å². The van der Waals surface area contributed by atoms with Crippen LogP contribution in [0, 0.1) is 12.3 Å². The molecule has 0 unspecified atom stereocenters. The average Bonchev–Trinajstić information content (AvgIpc) is 2.91. The molecule has 0 bridgehead atoms. The van der Waals surface area contributed by atoms with E-state index in [-0.39, 0.29) is 6.61 Å². The summed E-state index contributed by atoms with van der Waals surface area (Å²) in [5.74, 6) is 3.33. The van der Waals surface area contributed by atoms with Crippen LogP contribution in [-0.2, 0) is 20.0 Å². The molecule has 0 spiro atoms. The van der Waals surface area contributed by atoms with Crippen molar-refractivity contribution in [1.82, 2.24) is 15.1 Å². The summed E-state index contributed by atoms with van der Waals surface area (Å²) in [7, 11) is 1.94. The number of nitrogens with zero attached hydrogens (tertiary/aromatic N) is 2. The normalized spacial score (nSPS) is 10.4. The standard InChI is InChI=1S/C17H20BrN3O/c1-3-9-22-17-7-6-16(18)10-15(17)12-19-8-4-5-14-11-20-21(2)13-14/h1,6-7,10-11,13,19H,4-5,8-9,12H2,2H3. The molecule has 5 heteroatoms. The van der Waals surface area contributed by atoms with E-state index in [2.05, 4.69) is 44.5 Å². The summed E-state index contributed by atoms with van der Waals surface area (Å²) >= 11 is 3.49. The summed E-state index contributed by atoms with van der Waals surface area (Å²) in [6, 6.07) is 5.95. The van der Waals surface area contributed by atoms with Crippen LogP contribution in [0.15, 0.2) is 35.1 Å². The first-order chi connectivity index (χ1) is 10.7. The van der Waals surface area contributed by atoms with Crippen LogP contribution in [0.2, 0.25) is 0 Å². The number of benzene rings is 1. The number of halogens is 1. The van der Waals surface area contributed by atoms with Gasteiger partial charge in [-0.15, -0.1) is 6.42 Å². The molecule has 2 rings (SSSR count). The number of hydrogen-bond acceptors (Lipinski definition) is 3. The maximum atomic E-state index is 5.56. The molecule has 0 fully saturated rings. The van der Waals surface area contributed by atoms with E-state index in [1.54, 1.807) is 0 Å². The van der Waals surface area contributed by atoms with Crippen molar-refractivity contribution in [3.63, 3.8) is 0 Å². The molecule has 1 aromatic heterocycles. The Balaban J connectivity index is 1.78. The Kier molecular flexibility index (Phi) is 6.50. The fourth-order valence-corrected chi connectivity index (χ4v) is 2.60. The number of nitrogens with one attached hydrogen (secondary N) is 1. The Morgan fingerprint density at radius 1 is 1.45 bits per heavy atom. The molecule has 0 saturated heterocycles. The molecule has 1 aromatic carbocycles.